The van der Waals surface area contributed by atoms with Gasteiger partial charge in [-0.3, -0.25) is 8.98 Å². The van der Waals surface area contributed by atoms with E-state index in [-0.39, 0.29) is 18.3 Å². The Morgan fingerprint density at radius 2 is 2.07 bits per heavy atom. The first-order valence-electron chi connectivity index (χ1n) is 4.32. The highest BCUT2D eigenvalue weighted by Gasteiger charge is 2.37. The second-order valence-corrected chi connectivity index (χ2v) is 6.12. The molecule has 2 N–H and O–H groups in total. The number of ether oxygens (including phenoxy) is 1. The van der Waals surface area contributed by atoms with E-state index in [1.54, 1.807) is 20.8 Å². The summed E-state index contributed by atoms with van der Waals surface area (Å²) in [6.45, 7) is 5.28. The number of hydrogen-bond donors (Lipinski definition) is 2. The van der Waals surface area contributed by atoms with Crippen LogP contribution in [0.1, 0.15) is 20.8 Å². The predicted molar refractivity (Wildman–Crippen MR) is 53.0 cm³/mol. The zero-order valence-electron chi connectivity index (χ0n) is 8.52. The number of carbonyl (C=O) groups excluding carboxylic acids is 1. The maximum atomic E-state index is 11.4. The van der Waals surface area contributed by atoms with Gasteiger partial charge in [-0.05, 0) is 20.8 Å². The summed E-state index contributed by atoms with van der Waals surface area (Å²) in [7, 11) is -2.96. The normalized spacial score (nSPS) is 28.5. The van der Waals surface area contributed by atoms with Crippen LogP contribution in [-0.2, 0) is 13.7 Å². The highest BCUT2D eigenvalue weighted by atomic mass is 32.3. The van der Waals surface area contributed by atoms with Crippen LogP contribution in [0.25, 0.3) is 0 Å². The van der Waals surface area contributed by atoms with Crippen molar-refractivity contribution in [3.05, 3.63) is 0 Å². The lowest BCUT2D eigenvalue weighted by molar-refractivity contribution is -0.157. The summed E-state index contributed by atoms with van der Waals surface area (Å²) >= 11 is 0. The molecule has 1 rings (SSSR count). The van der Waals surface area contributed by atoms with Gasteiger partial charge in [0.05, 0.1) is 22.0 Å². The molecule has 1 atom stereocenters. The van der Waals surface area contributed by atoms with Crippen LogP contribution in [0.4, 0.5) is 0 Å². The van der Waals surface area contributed by atoms with E-state index in [1.807, 2.05) is 0 Å². The number of carbonyl (C=O) groups is 1. The van der Waals surface area contributed by atoms with Gasteiger partial charge < -0.3 is 13.8 Å². The van der Waals surface area contributed by atoms with Gasteiger partial charge in [0.1, 0.15) is 12.7 Å². The molecule has 0 amide bonds. The summed E-state index contributed by atoms with van der Waals surface area (Å²) in [6.07, 6.45) is -0.535. The molecule has 5 nitrogen and oxygen atoms in total. The van der Waals surface area contributed by atoms with Crippen molar-refractivity contribution in [2.24, 2.45) is 5.41 Å². The second kappa shape index (κ2) is 3.69. The van der Waals surface area contributed by atoms with Crippen LogP contribution in [0.5, 0.6) is 0 Å². The molecule has 1 heterocycles. The number of rotatable bonds is 1. The van der Waals surface area contributed by atoms with Crippen LogP contribution >= 0.6 is 10.9 Å². The summed E-state index contributed by atoms with van der Waals surface area (Å²) in [5, 5.41) is 0. The van der Waals surface area contributed by atoms with E-state index in [2.05, 4.69) is 4.18 Å². The van der Waals surface area contributed by atoms with Gasteiger partial charge in [-0.2, -0.15) is 0 Å². The molecule has 0 spiro atoms. The van der Waals surface area contributed by atoms with E-state index >= 15 is 0 Å². The molecule has 0 saturated carbocycles. The van der Waals surface area contributed by atoms with Crippen molar-refractivity contribution in [1.82, 2.24) is 0 Å². The Balaban J connectivity index is 2.44. The van der Waals surface area contributed by atoms with Crippen LogP contribution in [0.2, 0.25) is 0 Å². The molecule has 1 fully saturated rings. The number of hydrogen-bond acceptors (Lipinski definition) is 5. The monoisotopic (exact) mass is 224 g/mol. The van der Waals surface area contributed by atoms with Crippen LogP contribution in [0.3, 0.4) is 0 Å². The summed E-state index contributed by atoms with van der Waals surface area (Å²) in [5.74, 6) is -0.377. The zero-order valence-corrected chi connectivity index (χ0v) is 9.34. The Labute approximate surface area is 85.0 Å². The van der Waals surface area contributed by atoms with E-state index in [0.717, 1.165) is 0 Å². The van der Waals surface area contributed by atoms with E-state index in [1.165, 1.54) is 0 Å². The molecular weight excluding hydrogens is 208 g/mol. The van der Waals surface area contributed by atoms with E-state index in [4.69, 9.17) is 13.8 Å². The van der Waals surface area contributed by atoms with Crippen molar-refractivity contribution in [1.29, 1.82) is 0 Å². The molecule has 1 aliphatic rings. The first kappa shape index (κ1) is 11.8. The third-order valence-corrected chi connectivity index (χ3v) is 3.05. The summed E-state index contributed by atoms with van der Waals surface area (Å²) in [4.78, 5) is 11.4. The molecule has 0 aliphatic carbocycles. The van der Waals surface area contributed by atoms with Crippen molar-refractivity contribution in [3.8, 4) is 0 Å². The minimum atomic E-state index is -2.96. The molecule has 0 bridgehead atoms. The van der Waals surface area contributed by atoms with Crippen LogP contribution in [0, 0.1) is 5.41 Å². The fourth-order valence-corrected chi connectivity index (χ4v) is 2.03. The summed E-state index contributed by atoms with van der Waals surface area (Å²) in [5.41, 5.74) is -0.578. The van der Waals surface area contributed by atoms with Gasteiger partial charge in [-0.25, -0.2) is 0 Å². The van der Waals surface area contributed by atoms with Gasteiger partial charge in [0.2, 0.25) is 0 Å². The fourth-order valence-electron chi connectivity index (χ4n) is 0.919. The minimum Gasteiger partial charge on any atom is -0.458 e. The maximum absolute atomic E-state index is 11.4. The standard InChI is InChI=1S/C8H16O5S/c1-8(2,3)7(9)13-6-4-12-14(10,11)5-6/h6,10-11H,4-5H2,1-3H3. The quantitative estimate of drug-likeness (QED) is 0.662. The number of esters is 1. The van der Waals surface area contributed by atoms with E-state index < -0.39 is 22.4 Å². The molecule has 14 heavy (non-hydrogen) atoms. The minimum absolute atomic E-state index is 0.0190. The van der Waals surface area contributed by atoms with Crippen molar-refractivity contribution in [2.45, 2.75) is 26.9 Å². The predicted octanol–water partition coefficient (Wildman–Crippen LogP) is 1.64. The first-order chi connectivity index (χ1) is 6.21. The Bertz CT molecular complexity index is 232. The molecule has 6 heteroatoms. The average molecular weight is 224 g/mol. The molecule has 0 aromatic carbocycles. The second-order valence-electron chi connectivity index (χ2n) is 4.34. The first-order valence-corrected chi connectivity index (χ1v) is 5.96. The van der Waals surface area contributed by atoms with Gasteiger partial charge in [-0.15, -0.1) is 0 Å². The molecule has 0 aromatic rings. The van der Waals surface area contributed by atoms with Crippen LogP contribution in [-0.4, -0.2) is 33.5 Å². The largest absolute Gasteiger partial charge is 0.458 e. The Kier molecular flexibility index (Phi) is 3.10. The van der Waals surface area contributed by atoms with Crippen molar-refractivity contribution in [2.75, 3.05) is 12.4 Å². The van der Waals surface area contributed by atoms with E-state index in [9.17, 15) is 4.79 Å². The molecule has 1 unspecified atom stereocenters. The molecule has 1 saturated heterocycles. The SMILES string of the molecule is CC(C)(C)C(=O)OC1COS(O)(O)C1. The molecule has 0 aromatic heterocycles. The fraction of sp³-hybridized carbons (Fsp3) is 0.875. The van der Waals surface area contributed by atoms with Crippen molar-refractivity contribution < 1.29 is 22.8 Å². The zero-order chi connectivity index (χ0) is 11.0. The lowest BCUT2D eigenvalue weighted by Crippen LogP contribution is -2.29. The smallest absolute Gasteiger partial charge is 0.311 e. The van der Waals surface area contributed by atoms with Crippen molar-refractivity contribution >= 4 is 16.8 Å². The molecular formula is C8H16O5S. The van der Waals surface area contributed by atoms with Gasteiger partial charge in [0, 0.05) is 0 Å². The van der Waals surface area contributed by atoms with Gasteiger partial charge in [0.15, 0.2) is 0 Å². The third-order valence-electron chi connectivity index (χ3n) is 1.73. The average Bonchev–Trinajstić information content (AvgIpc) is 2.28. The lowest BCUT2D eigenvalue weighted by Gasteiger charge is -2.20. The maximum Gasteiger partial charge on any atom is 0.311 e. The molecule has 84 valence electrons. The van der Waals surface area contributed by atoms with Gasteiger partial charge in [0.25, 0.3) is 0 Å². The Morgan fingerprint density at radius 1 is 1.50 bits per heavy atom. The highest BCUT2D eigenvalue weighted by Crippen LogP contribution is 2.46. The third kappa shape index (κ3) is 3.13. The molecule has 1 aliphatic heterocycles. The summed E-state index contributed by atoms with van der Waals surface area (Å²) < 4.78 is 27.9. The topological polar surface area (TPSA) is 76.0 Å². The lowest BCUT2D eigenvalue weighted by atomic mass is 9.97. The van der Waals surface area contributed by atoms with Gasteiger partial charge in [-0.1, -0.05) is 0 Å². The molecule has 0 radical (unpaired) electrons. The van der Waals surface area contributed by atoms with Crippen LogP contribution in [0.15, 0.2) is 0 Å². The highest BCUT2D eigenvalue weighted by molar-refractivity contribution is 8.20. The van der Waals surface area contributed by atoms with Gasteiger partial charge >= 0.3 is 5.97 Å². The Hall–Kier alpha value is -0.300. The van der Waals surface area contributed by atoms with Crippen molar-refractivity contribution in [3.63, 3.8) is 0 Å². The summed E-state index contributed by atoms with van der Waals surface area (Å²) in [6, 6.07) is 0. The van der Waals surface area contributed by atoms with E-state index in [0.29, 0.717) is 0 Å². The Morgan fingerprint density at radius 3 is 2.43 bits per heavy atom. The van der Waals surface area contributed by atoms with Crippen LogP contribution < -0.4 is 0 Å².